The number of carboxylic acid groups (broad SMARTS) is 1. The average molecular weight is 247 g/mol. The second kappa shape index (κ2) is 9.51. The number of carboxylic acids is 1. The van der Waals surface area contributed by atoms with Crippen LogP contribution in [0.1, 0.15) is 39.5 Å². The van der Waals surface area contributed by atoms with Crippen molar-refractivity contribution >= 4 is 23.6 Å². The summed E-state index contributed by atoms with van der Waals surface area (Å²) >= 11 is 1.71. The number of carbonyl (C=O) groups excluding carboxylic acids is 1. The van der Waals surface area contributed by atoms with Gasteiger partial charge in [0.2, 0.25) is 5.91 Å². The first-order chi connectivity index (χ1) is 7.60. The van der Waals surface area contributed by atoms with Crippen molar-refractivity contribution in [2.24, 2.45) is 0 Å². The maximum absolute atomic E-state index is 11.5. The van der Waals surface area contributed by atoms with Crippen molar-refractivity contribution in [1.82, 2.24) is 5.32 Å². The quantitative estimate of drug-likeness (QED) is 0.611. The molecule has 0 aromatic heterocycles. The van der Waals surface area contributed by atoms with E-state index in [4.69, 9.17) is 5.11 Å². The summed E-state index contributed by atoms with van der Waals surface area (Å²) in [7, 11) is 0. The highest BCUT2D eigenvalue weighted by molar-refractivity contribution is 7.99. The Kier molecular flexibility index (Phi) is 9.09. The summed E-state index contributed by atoms with van der Waals surface area (Å²) in [5.74, 6) is 0.900. The van der Waals surface area contributed by atoms with Crippen LogP contribution in [0.2, 0.25) is 0 Å². The van der Waals surface area contributed by atoms with Gasteiger partial charge in [0.05, 0.1) is 6.42 Å². The van der Waals surface area contributed by atoms with Crippen molar-refractivity contribution in [3.8, 4) is 0 Å². The van der Waals surface area contributed by atoms with E-state index in [0.717, 1.165) is 24.3 Å². The monoisotopic (exact) mass is 247 g/mol. The molecule has 0 rings (SSSR count). The van der Waals surface area contributed by atoms with Crippen molar-refractivity contribution in [3.63, 3.8) is 0 Å². The second-order valence-electron chi connectivity index (χ2n) is 3.60. The Morgan fingerprint density at radius 2 is 2.06 bits per heavy atom. The van der Waals surface area contributed by atoms with Gasteiger partial charge in [0.1, 0.15) is 0 Å². The fourth-order valence-corrected chi connectivity index (χ4v) is 2.01. The van der Waals surface area contributed by atoms with Crippen molar-refractivity contribution < 1.29 is 14.7 Å². The van der Waals surface area contributed by atoms with Crippen LogP contribution in [0.5, 0.6) is 0 Å². The van der Waals surface area contributed by atoms with Gasteiger partial charge in [-0.1, -0.05) is 20.3 Å². The van der Waals surface area contributed by atoms with Crippen LogP contribution in [0.25, 0.3) is 0 Å². The molecule has 0 aliphatic carbocycles. The Labute approximate surface area is 101 Å². The molecule has 0 fully saturated rings. The molecule has 94 valence electrons. The third kappa shape index (κ3) is 8.59. The summed E-state index contributed by atoms with van der Waals surface area (Å²) in [5, 5.41) is 11.5. The molecule has 4 nitrogen and oxygen atoms in total. The maximum atomic E-state index is 11.5. The van der Waals surface area contributed by atoms with Crippen LogP contribution < -0.4 is 5.32 Å². The molecule has 16 heavy (non-hydrogen) atoms. The number of hydrogen-bond donors (Lipinski definition) is 2. The van der Waals surface area contributed by atoms with Gasteiger partial charge >= 0.3 is 5.97 Å². The van der Waals surface area contributed by atoms with Gasteiger partial charge in [0.15, 0.2) is 0 Å². The fourth-order valence-electron chi connectivity index (χ4n) is 1.39. The van der Waals surface area contributed by atoms with E-state index in [1.807, 2.05) is 13.8 Å². The van der Waals surface area contributed by atoms with Gasteiger partial charge in [0, 0.05) is 18.2 Å². The third-order valence-electron chi connectivity index (χ3n) is 2.10. The summed E-state index contributed by atoms with van der Waals surface area (Å²) in [5.41, 5.74) is 0. The van der Waals surface area contributed by atoms with Crippen molar-refractivity contribution in [2.45, 2.75) is 45.6 Å². The van der Waals surface area contributed by atoms with E-state index in [2.05, 4.69) is 5.32 Å². The summed E-state index contributed by atoms with van der Waals surface area (Å²) in [6.45, 7) is 4.03. The molecule has 1 amide bonds. The lowest BCUT2D eigenvalue weighted by atomic mass is 10.1. The van der Waals surface area contributed by atoms with Crippen LogP contribution >= 0.6 is 11.8 Å². The molecule has 0 aromatic carbocycles. The predicted octanol–water partition coefficient (Wildman–Crippen LogP) is 1.89. The van der Waals surface area contributed by atoms with Crippen LogP contribution in [-0.4, -0.2) is 34.5 Å². The first-order valence-corrected chi connectivity index (χ1v) is 6.84. The molecule has 0 radical (unpaired) electrons. The largest absolute Gasteiger partial charge is 0.481 e. The van der Waals surface area contributed by atoms with E-state index in [1.54, 1.807) is 11.8 Å². The molecule has 0 saturated heterocycles. The zero-order valence-electron chi connectivity index (χ0n) is 9.99. The number of thioether (sulfide) groups is 1. The number of aliphatic carboxylic acids is 1. The summed E-state index contributed by atoms with van der Waals surface area (Å²) in [6.07, 6.45) is 2.08. The lowest BCUT2D eigenvalue weighted by Gasteiger charge is -2.15. The molecular weight excluding hydrogens is 226 g/mol. The number of rotatable bonds is 9. The molecule has 2 N–H and O–H groups in total. The molecule has 1 atom stereocenters. The molecule has 0 aliphatic heterocycles. The SMILES string of the molecule is CCCC(CC(=O)O)NC(=O)CCSCC. The molecule has 0 heterocycles. The third-order valence-corrected chi connectivity index (χ3v) is 3.00. The van der Waals surface area contributed by atoms with Crippen LogP contribution in [0.3, 0.4) is 0 Å². The zero-order chi connectivity index (χ0) is 12.4. The summed E-state index contributed by atoms with van der Waals surface area (Å²) < 4.78 is 0. The highest BCUT2D eigenvalue weighted by atomic mass is 32.2. The average Bonchev–Trinajstić information content (AvgIpc) is 2.17. The predicted molar refractivity (Wildman–Crippen MR) is 66.7 cm³/mol. The number of nitrogens with one attached hydrogen (secondary N) is 1. The van der Waals surface area contributed by atoms with Gasteiger partial charge in [0.25, 0.3) is 0 Å². The van der Waals surface area contributed by atoms with Crippen LogP contribution in [0.15, 0.2) is 0 Å². The maximum Gasteiger partial charge on any atom is 0.305 e. The number of hydrogen-bond acceptors (Lipinski definition) is 3. The van der Waals surface area contributed by atoms with E-state index in [1.165, 1.54) is 0 Å². The Bertz CT molecular complexity index is 221. The normalized spacial score (nSPS) is 12.1. The smallest absolute Gasteiger partial charge is 0.305 e. The minimum absolute atomic E-state index is 0.0144. The van der Waals surface area contributed by atoms with Gasteiger partial charge in [-0.25, -0.2) is 0 Å². The highest BCUT2D eigenvalue weighted by Gasteiger charge is 2.14. The lowest BCUT2D eigenvalue weighted by molar-refractivity contribution is -0.137. The molecule has 0 spiro atoms. The molecule has 0 aromatic rings. The van der Waals surface area contributed by atoms with E-state index in [0.29, 0.717) is 6.42 Å². The van der Waals surface area contributed by atoms with Crippen molar-refractivity contribution in [2.75, 3.05) is 11.5 Å². The Morgan fingerprint density at radius 1 is 1.38 bits per heavy atom. The van der Waals surface area contributed by atoms with Gasteiger partial charge in [-0.2, -0.15) is 11.8 Å². The lowest BCUT2D eigenvalue weighted by Crippen LogP contribution is -2.36. The minimum Gasteiger partial charge on any atom is -0.481 e. The van der Waals surface area contributed by atoms with Gasteiger partial charge in [-0.15, -0.1) is 0 Å². The Morgan fingerprint density at radius 3 is 2.56 bits per heavy atom. The zero-order valence-corrected chi connectivity index (χ0v) is 10.8. The van der Waals surface area contributed by atoms with E-state index >= 15 is 0 Å². The Hall–Kier alpha value is -0.710. The minimum atomic E-state index is -0.860. The molecular formula is C11H21NO3S. The first kappa shape index (κ1) is 15.3. The van der Waals surface area contributed by atoms with Crippen LogP contribution in [0.4, 0.5) is 0 Å². The topological polar surface area (TPSA) is 66.4 Å². The van der Waals surface area contributed by atoms with E-state index < -0.39 is 5.97 Å². The van der Waals surface area contributed by atoms with Crippen LogP contribution in [-0.2, 0) is 9.59 Å². The second-order valence-corrected chi connectivity index (χ2v) is 4.99. The fraction of sp³-hybridized carbons (Fsp3) is 0.818. The first-order valence-electron chi connectivity index (χ1n) is 5.69. The van der Waals surface area contributed by atoms with Gasteiger partial charge in [-0.05, 0) is 12.2 Å². The number of carbonyl (C=O) groups is 2. The van der Waals surface area contributed by atoms with Gasteiger partial charge < -0.3 is 10.4 Å². The number of amides is 1. The van der Waals surface area contributed by atoms with E-state index in [-0.39, 0.29) is 18.4 Å². The molecule has 0 bridgehead atoms. The Balaban J connectivity index is 3.87. The highest BCUT2D eigenvalue weighted by Crippen LogP contribution is 2.04. The molecule has 5 heteroatoms. The van der Waals surface area contributed by atoms with Crippen molar-refractivity contribution in [1.29, 1.82) is 0 Å². The molecule has 0 saturated carbocycles. The van der Waals surface area contributed by atoms with E-state index in [9.17, 15) is 9.59 Å². The van der Waals surface area contributed by atoms with Crippen molar-refractivity contribution in [3.05, 3.63) is 0 Å². The van der Waals surface area contributed by atoms with Crippen LogP contribution in [0, 0.1) is 0 Å². The standard InChI is InChI=1S/C11H21NO3S/c1-3-5-9(8-11(14)15)12-10(13)6-7-16-4-2/h9H,3-8H2,1-2H3,(H,12,13)(H,14,15). The van der Waals surface area contributed by atoms with Gasteiger partial charge in [-0.3, -0.25) is 9.59 Å². The summed E-state index contributed by atoms with van der Waals surface area (Å²) in [4.78, 5) is 22.0. The summed E-state index contributed by atoms with van der Waals surface area (Å²) in [6, 6.07) is -0.221. The molecule has 0 aliphatic rings. The molecule has 1 unspecified atom stereocenters.